The molecule has 1 saturated heterocycles. The Morgan fingerprint density at radius 3 is 2.54 bits per heavy atom. The predicted molar refractivity (Wildman–Crippen MR) is 110 cm³/mol. The molecule has 0 aliphatic carbocycles. The Balaban J connectivity index is 1.80. The molecule has 2 N–H and O–H groups in total. The highest BCUT2D eigenvalue weighted by molar-refractivity contribution is 5.79. The van der Waals surface area contributed by atoms with Crippen molar-refractivity contribution < 1.29 is 0 Å². The lowest BCUT2D eigenvalue weighted by Gasteiger charge is -2.40. The second kappa shape index (κ2) is 9.95. The van der Waals surface area contributed by atoms with Gasteiger partial charge in [-0.15, -0.1) is 0 Å². The van der Waals surface area contributed by atoms with E-state index in [0.29, 0.717) is 0 Å². The molecule has 26 heavy (non-hydrogen) atoms. The van der Waals surface area contributed by atoms with Gasteiger partial charge in [0.1, 0.15) is 0 Å². The molecule has 0 unspecified atom stereocenters. The molecule has 0 amide bonds. The number of aryl methyl sites for hydroxylation is 3. The summed E-state index contributed by atoms with van der Waals surface area (Å²) >= 11 is 0. The molecule has 1 aromatic rings. The third kappa shape index (κ3) is 6.31. The molecule has 2 rings (SSSR count). The molecule has 1 fully saturated rings. The van der Waals surface area contributed by atoms with Gasteiger partial charge in [-0.1, -0.05) is 6.42 Å². The Morgan fingerprint density at radius 2 is 1.92 bits per heavy atom. The van der Waals surface area contributed by atoms with Crippen molar-refractivity contribution >= 4 is 5.96 Å². The molecule has 0 radical (unpaired) electrons. The standard InChI is InChI=1S/C20H38N6/c1-6-21-19(22-11-10-14-26-18(3)15-17(2)24-26)23-16-20(4,5)25-12-8-7-9-13-25/h15H,6-14,16H2,1-5H3,(H2,21,22,23). The first kappa shape index (κ1) is 20.7. The minimum absolute atomic E-state index is 0.118. The molecule has 6 nitrogen and oxygen atoms in total. The van der Waals surface area contributed by atoms with E-state index in [2.05, 4.69) is 59.1 Å². The highest BCUT2D eigenvalue weighted by atomic mass is 15.3. The maximum absolute atomic E-state index is 4.86. The lowest BCUT2D eigenvalue weighted by molar-refractivity contribution is 0.102. The summed E-state index contributed by atoms with van der Waals surface area (Å²) in [5, 5.41) is 11.4. The van der Waals surface area contributed by atoms with E-state index >= 15 is 0 Å². The number of likely N-dealkylation sites (tertiary alicyclic amines) is 1. The summed E-state index contributed by atoms with van der Waals surface area (Å²) in [5.74, 6) is 0.922. The lowest BCUT2D eigenvalue weighted by atomic mass is 9.99. The fourth-order valence-electron chi connectivity index (χ4n) is 3.55. The van der Waals surface area contributed by atoms with Crippen LogP contribution in [0.25, 0.3) is 0 Å². The van der Waals surface area contributed by atoms with Gasteiger partial charge in [0.05, 0.1) is 12.2 Å². The molecule has 0 spiro atoms. The van der Waals surface area contributed by atoms with Crippen molar-refractivity contribution in [1.82, 2.24) is 25.3 Å². The summed E-state index contributed by atoms with van der Waals surface area (Å²) in [4.78, 5) is 7.45. The van der Waals surface area contributed by atoms with Crippen LogP contribution in [0.4, 0.5) is 0 Å². The summed E-state index contributed by atoms with van der Waals surface area (Å²) in [5.41, 5.74) is 2.43. The molecule has 0 bridgehead atoms. The van der Waals surface area contributed by atoms with E-state index in [1.54, 1.807) is 0 Å². The van der Waals surface area contributed by atoms with Crippen molar-refractivity contribution in [3.05, 3.63) is 17.5 Å². The summed E-state index contributed by atoms with van der Waals surface area (Å²) in [6.07, 6.45) is 5.03. The number of nitrogens with one attached hydrogen (secondary N) is 2. The second-order valence-electron chi connectivity index (χ2n) is 7.99. The third-order valence-corrected chi connectivity index (χ3v) is 5.12. The van der Waals surface area contributed by atoms with Gasteiger partial charge in [0.25, 0.3) is 0 Å². The first-order valence-corrected chi connectivity index (χ1v) is 10.2. The second-order valence-corrected chi connectivity index (χ2v) is 7.99. The van der Waals surface area contributed by atoms with Crippen LogP contribution in [0.3, 0.4) is 0 Å². The Hall–Kier alpha value is -1.56. The molecule has 1 aliphatic heterocycles. The molecular weight excluding hydrogens is 324 g/mol. The van der Waals surface area contributed by atoms with Crippen molar-refractivity contribution in [3.63, 3.8) is 0 Å². The predicted octanol–water partition coefficient (Wildman–Crippen LogP) is 2.71. The van der Waals surface area contributed by atoms with Crippen LogP contribution in [0.15, 0.2) is 11.1 Å². The summed E-state index contributed by atoms with van der Waals surface area (Å²) < 4.78 is 2.08. The van der Waals surface area contributed by atoms with Crippen LogP contribution in [0.5, 0.6) is 0 Å². The Bertz CT molecular complexity index is 569. The number of rotatable bonds is 8. The summed E-state index contributed by atoms with van der Waals surface area (Å²) in [6.45, 7) is 16.8. The van der Waals surface area contributed by atoms with Gasteiger partial charge in [0, 0.05) is 30.9 Å². The number of hydrogen-bond acceptors (Lipinski definition) is 3. The smallest absolute Gasteiger partial charge is 0.191 e. The SMILES string of the molecule is CCNC(=NCC(C)(C)N1CCCCC1)NCCCn1nc(C)cc1C. The number of aromatic nitrogens is 2. The normalized spacial score (nSPS) is 16.7. The van der Waals surface area contributed by atoms with Gasteiger partial charge in [0.15, 0.2) is 5.96 Å². The Kier molecular flexibility index (Phi) is 7.94. The fraction of sp³-hybridized carbons (Fsp3) is 0.800. The quantitative estimate of drug-likeness (QED) is 0.424. The summed E-state index contributed by atoms with van der Waals surface area (Å²) in [7, 11) is 0. The number of nitrogens with zero attached hydrogens (tertiary/aromatic N) is 4. The topological polar surface area (TPSA) is 57.5 Å². The highest BCUT2D eigenvalue weighted by Crippen LogP contribution is 2.20. The average Bonchev–Trinajstić information content (AvgIpc) is 2.94. The molecule has 0 saturated carbocycles. The van der Waals surface area contributed by atoms with Crippen LogP contribution in [0, 0.1) is 13.8 Å². The van der Waals surface area contributed by atoms with Crippen LogP contribution < -0.4 is 10.6 Å². The average molecular weight is 363 g/mol. The van der Waals surface area contributed by atoms with E-state index in [1.165, 1.54) is 38.0 Å². The van der Waals surface area contributed by atoms with Gasteiger partial charge < -0.3 is 10.6 Å². The Labute approximate surface area is 159 Å². The van der Waals surface area contributed by atoms with Gasteiger partial charge in [-0.2, -0.15) is 5.10 Å². The Morgan fingerprint density at radius 1 is 1.19 bits per heavy atom. The zero-order valence-electron chi connectivity index (χ0n) is 17.4. The maximum Gasteiger partial charge on any atom is 0.191 e. The van der Waals surface area contributed by atoms with E-state index < -0.39 is 0 Å². The van der Waals surface area contributed by atoms with E-state index in [1.807, 2.05) is 6.92 Å². The van der Waals surface area contributed by atoms with E-state index in [-0.39, 0.29) is 5.54 Å². The van der Waals surface area contributed by atoms with Crippen LogP contribution in [-0.2, 0) is 6.54 Å². The molecular formula is C20H38N6. The van der Waals surface area contributed by atoms with Gasteiger partial charge >= 0.3 is 0 Å². The largest absolute Gasteiger partial charge is 0.357 e. The highest BCUT2D eigenvalue weighted by Gasteiger charge is 2.27. The van der Waals surface area contributed by atoms with Crippen LogP contribution in [-0.4, -0.2) is 58.9 Å². The minimum Gasteiger partial charge on any atom is -0.357 e. The van der Waals surface area contributed by atoms with Crippen molar-refractivity contribution in [2.45, 2.75) is 72.4 Å². The number of guanidine groups is 1. The molecule has 6 heteroatoms. The zero-order valence-corrected chi connectivity index (χ0v) is 17.4. The van der Waals surface area contributed by atoms with E-state index in [0.717, 1.165) is 44.3 Å². The van der Waals surface area contributed by atoms with Gasteiger partial charge in [-0.3, -0.25) is 14.6 Å². The van der Waals surface area contributed by atoms with Crippen molar-refractivity contribution in [2.75, 3.05) is 32.7 Å². The van der Waals surface area contributed by atoms with Gasteiger partial charge in [-0.05, 0) is 73.0 Å². The monoisotopic (exact) mass is 362 g/mol. The third-order valence-electron chi connectivity index (χ3n) is 5.12. The van der Waals surface area contributed by atoms with Crippen molar-refractivity contribution in [1.29, 1.82) is 0 Å². The maximum atomic E-state index is 4.86. The van der Waals surface area contributed by atoms with E-state index in [9.17, 15) is 0 Å². The summed E-state index contributed by atoms with van der Waals surface area (Å²) in [6, 6.07) is 2.13. The molecule has 1 aromatic heterocycles. The van der Waals surface area contributed by atoms with Gasteiger partial charge in [0.2, 0.25) is 0 Å². The lowest BCUT2D eigenvalue weighted by Crippen LogP contribution is -2.49. The molecule has 0 aromatic carbocycles. The molecule has 2 heterocycles. The zero-order chi connectivity index (χ0) is 19.0. The molecule has 0 atom stereocenters. The number of aliphatic imine (C=N–C) groups is 1. The van der Waals surface area contributed by atoms with E-state index in [4.69, 9.17) is 4.99 Å². The van der Waals surface area contributed by atoms with Crippen LogP contribution in [0.1, 0.15) is 57.8 Å². The van der Waals surface area contributed by atoms with Crippen molar-refractivity contribution in [2.24, 2.45) is 4.99 Å². The molecule has 1 aliphatic rings. The van der Waals surface area contributed by atoms with Crippen LogP contribution >= 0.6 is 0 Å². The molecule has 148 valence electrons. The number of piperidine rings is 1. The van der Waals surface area contributed by atoms with Crippen LogP contribution in [0.2, 0.25) is 0 Å². The van der Waals surface area contributed by atoms with Gasteiger partial charge in [-0.25, -0.2) is 0 Å². The fourth-order valence-corrected chi connectivity index (χ4v) is 3.55. The number of hydrogen-bond donors (Lipinski definition) is 2. The minimum atomic E-state index is 0.118. The first-order valence-electron chi connectivity index (χ1n) is 10.2. The first-order chi connectivity index (χ1) is 12.4. The van der Waals surface area contributed by atoms with Crippen molar-refractivity contribution in [3.8, 4) is 0 Å².